The lowest BCUT2D eigenvalue weighted by molar-refractivity contribution is 0.845. The lowest BCUT2D eigenvalue weighted by atomic mass is 10.1. The lowest BCUT2D eigenvalue weighted by Crippen LogP contribution is -2.19. The zero-order valence-corrected chi connectivity index (χ0v) is 17.9. The molecule has 0 fully saturated rings. The summed E-state index contributed by atoms with van der Waals surface area (Å²) in [7, 11) is 0. The highest BCUT2D eigenvalue weighted by molar-refractivity contribution is 7.20. The molecule has 5 rings (SSSR count). The van der Waals surface area contributed by atoms with Crippen molar-refractivity contribution >= 4 is 33.1 Å². The molecular formula is C24H19N5OS. The van der Waals surface area contributed by atoms with Crippen LogP contribution in [-0.2, 0) is 0 Å². The molecule has 31 heavy (non-hydrogen) atoms. The van der Waals surface area contributed by atoms with Crippen LogP contribution >= 0.6 is 11.3 Å². The number of aliphatic imine (C=N–C) groups is 1. The maximum Gasteiger partial charge on any atom is 0.283 e. The Bertz CT molecular complexity index is 1440. The van der Waals surface area contributed by atoms with E-state index in [1.165, 1.54) is 16.0 Å². The van der Waals surface area contributed by atoms with Crippen LogP contribution in [0.3, 0.4) is 0 Å². The summed E-state index contributed by atoms with van der Waals surface area (Å²) in [5.74, 6) is 0.573. The third-order valence-electron chi connectivity index (χ3n) is 4.94. The first-order valence-electron chi connectivity index (χ1n) is 9.86. The predicted molar refractivity (Wildman–Crippen MR) is 126 cm³/mol. The van der Waals surface area contributed by atoms with E-state index in [4.69, 9.17) is 0 Å². The molecule has 0 bridgehead atoms. The van der Waals surface area contributed by atoms with Crippen LogP contribution in [0.1, 0.15) is 18.2 Å². The van der Waals surface area contributed by atoms with E-state index < -0.39 is 0 Å². The lowest BCUT2D eigenvalue weighted by Gasteiger charge is -2.03. The molecule has 0 amide bonds. The Balaban J connectivity index is 1.72. The fourth-order valence-corrected chi connectivity index (χ4v) is 4.42. The number of pyridine rings is 1. The van der Waals surface area contributed by atoms with Crippen molar-refractivity contribution < 1.29 is 0 Å². The first-order chi connectivity index (χ1) is 15.1. The van der Waals surface area contributed by atoms with Crippen LogP contribution in [0.15, 0.2) is 82.6 Å². The average Bonchev–Trinajstić information content (AvgIpc) is 3.35. The summed E-state index contributed by atoms with van der Waals surface area (Å²) in [6.45, 7) is 3.75. The van der Waals surface area contributed by atoms with Crippen LogP contribution in [0, 0.1) is 6.92 Å². The number of nitrogens with one attached hydrogen (secondary N) is 1. The quantitative estimate of drug-likeness (QED) is 0.398. The summed E-state index contributed by atoms with van der Waals surface area (Å²) >= 11 is 1.47. The second-order valence-electron chi connectivity index (χ2n) is 7.17. The number of aryl methyl sites for hydroxylation is 1. The molecule has 0 spiro atoms. The fraction of sp³-hybridized carbons (Fsp3) is 0.0833. The molecule has 0 radical (unpaired) electrons. The predicted octanol–water partition coefficient (Wildman–Crippen LogP) is 5.29. The number of hydrogen-bond acceptors (Lipinski definition) is 5. The summed E-state index contributed by atoms with van der Waals surface area (Å²) in [5, 5.41) is 3.87. The first-order valence-corrected chi connectivity index (χ1v) is 10.7. The summed E-state index contributed by atoms with van der Waals surface area (Å²) < 4.78 is 2.53. The van der Waals surface area contributed by atoms with E-state index in [-0.39, 0.29) is 5.56 Å². The van der Waals surface area contributed by atoms with Gasteiger partial charge in [0.1, 0.15) is 0 Å². The molecule has 1 N–H and O–H groups in total. The molecule has 3 aromatic heterocycles. The molecule has 0 aliphatic rings. The molecule has 2 aromatic carbocycles. The third-order valence-corrected chi connectivity index (χ3v) is 5.97. The molecular weight excluding hydrogens is 406 g/mol. The van der Waals surface area contributed by atoms with Crippen molar-refractivity contribution in [2.24, 2.45) is 4.99 Å². The highest BCUT2D eigenvalue weighted by atomic mass is 32.1. The fourth-order valence-electron chi connectivity index (χ4n) is 3.50. The molecule has 0 aliphatic heterocycles. The number of H-pyrrole nitrogens is 1. The van der Waals surface area contributed by atoms with E-state index in [1.807, 2.05) is 86.6 Å². The zero-order valence-electron chi connectivity index (χ0n) is 17.0. The van der Waals surface area contributed by atoms with Crippen LogP contribution < -0.4 is 5.56 Å². The second-order valence-corrected chi connectivity index (χ2v) is 8.18. The monoisotopic (exact) mass is 425 g/mol. The van der Waals surface area contributed by atoms with Crippen molar-refractivity contribution in [3.8, 4) is 16.4 Å². The minimum atomic E-state index is -0.188. The normalized spacial score (nSPS) is 11.9. The second kappa shape index (κ2) is 7.77. The van der Waals surface area contributed by atoms with Gasteiger partial charge in [0.05, 0.1) is 27.2 Å². The van der Waals surface area contributed by atoms with Gasteiger partial charge in [-0.25, -0.2) is 15.0 Å². The molecule has 0 saturated carbocycles. The maximum atomic E-state index is 13.5. The van der Waals surface area contributed by atoms with Gasteiger partial charge in [0.15, 0.2) is 5.82 Å². The van der Waals surface area contributed by atoms with Crippen molar-refractivity contribution in [3.63, 3.8) is 0 Å². The van der Waals surface area contributed by atoms with Gasteiger partial charge in [-0.3, -0.25) is 9.89 Å². The number of thiazole rings is 1. The Morgan fingerprint density at radius 1 is 0.968 bits per heavy atom. The SMILES string of the molecule is C/C(=N/c1cccc(C)n1)c1c(-c2ccccc2)[nH]n(-c2nc3ccccc3s2)c1=O. The zero-order chi connectivity index (χ0) is 21.4. The summed E-state index contributed by atoms with van der Waals surface area (Å²) in [6.07, 6.45) is 0. The van der Waals surface area contributed by atoms with E-state index in [1.54, 1.807) is 0 Å². The molecule has 152 valence electrons. The van der Waals surface area contributed by atoms with Crippen molar-refractivity contribution in [2.75, 3.05) is 0 Å². The molecule has 0 saturated heterocycles. The minimum Gasteiger partial charge on any atom is -0.288 e. The van der Waals surface area contributed by atoms with Gasteiger partial charge in [-0.15, -0.1) is 0 Å². The minimum absolute atomic E-state index is 0.188. The number of aromatic nitrogens is 4. The smallest absolute Gasteiger partial charge is 0.283 e. The van der Waals surface area contributed by atoms with Gasteiger partial charge in [0, 0.05) is 11.3 Å². The van der Waals surface area contributed by atoms with E-state index >= 15 is 0 Å². The van der Waals surface area contributed by atoms with Crippen LogP contribution in [0.5, 0.6) is 0 Å². The summed E-state index contributed by atoms with van der Waals surface area (Å²) in [4.78, 5) is 27.3. The molecule has 5 aromatic rings. The molecule has 6 nitrogen and oxygen atoms in total. The van der Waals surface area contributed by atoms with Gasteiger partial charge in [0.2, 0.25) is 5.13 Å². The third kappa shape index (κ3) is 3.60. The number of benzene rings is 2. The van der Waals surface area contributed by atoms with E-state index in [0.29, 0.717) is 27.9 Å². The van der Waals surface area contributed by atoms with Crippen molar-refractivity contribution in [3.05, 3.63) is 94.4 Å². The Labute approximate surface area is 182 Å². The van der Waals surface area contributed by atoms with Gasteiger partial charge in [-0.2, -0.15) is 4.68 Å². The average molecular weight is 426 g/mol. The van der Waals surface area contributed by atoms with Crippen molar-refractivity contribution in [1.82, 2.24) is 19.7 Å². The van der Waals surface area contributed by atoms with Gasteiger partial charge in [-0.05, 0) is 38.1 Å². The first kappa shape index (κ1) is 19.1. The Hall–Kier alpha value is -3.84. The maximum absolute atomic E-state index is 13.5. The van der Waals surface area contributed by atoms with Crippen LogP contribution in [0.25, 0.3) is 26.6 Å². The Kier molecular flexibility index (Phi) is 4.80. The van der Waals surface area contributed by atoms with Gasteiger partial charge >= 0.3 is 0 Å². The molecule has 3 heterocycles. The number of para-hydroxylation sites is 1. The van der Waals surface area contributed by atoms with Crippen molar-refractivity contribution in [1.29, 1.82) is 0 Å². The van der Waals surface area contributed by atoms with Crippen LogP contribution in [0.2, 0.25) is 0 Å². The molecule has 0 unspecified atom stereocenters. The standard InChI is InChI=1S/C24H19N5OS/c1-15-9-8-14-20(25-15)26-16(2)21-22(17-10-4-3-5-11-17)28-29(23(21)30)24-27-18-12-6-7-13-19(18)31-24/h3-14,28H,1-2H3/b26-16-. The summed E-state index contributed by atoms with van der Waals surface area (Å²) in [6, 6.07) is 23.3. The number of hydrogen-bond donors (Lipinski definition) is 1. The largest absolute Gasteiger partial charge is 0.288 e. The van der Waals surface area contributed by atoms with Gasteiger partial charge < -0.3 is 0 Å². The van der Waals surface area contributed by atoms with Gasteiger partial charge in [0.25, 0.3) is 5.56 Å². The highest BCUT2D eigenvalue weighted by Crippen LogP contribution is 2.26. The highest BCUT2D eigenvalue weighted by Gasteiger charge is 2.21. The number of nitrogens with zero attached hydrogens (tertiary/aromatic N) is 4. The van der Waals surface area contributed by atoms with Crippen LogP contribution in [-0.4, -0.2) is 25.5 Å². The summed E-state index contributed by atoms with van der Waals surface area (Å²) in [5.41, 5.74) is 4.26. The van der Waals surface area contributed by atoms with Gasteiger partial charge in [-0.1, -0.05) is 59.9 Å². The molecule has 0 atom stereocenters. The van der Waals surface area contributed by atoms with Crippen molar-refractivity contribution in [2.45, 2.75) is 13.8 Å². The Morgan fingerprint density at radius 2 is 1.74 bits per heavy atom. The van der Waals surface area contributed by atoms with E-state index in [0.717, 1.165) is 21.5 Å². The van der Waals surface area contributed by atoms with E-state index in [9.17, 15) is 4.79 Å². The number of aromatic amines is 1. The van der Waals surface area contributed by atoms with Crippen LogP contribution in [0.4, 0.5) is 5.82 Å². The Morgan fingerprint density at radius 3 is 2.52 bits per heavy atom. The molecule has 0 aliphatic carbocycles. The molecule has 7 heteroatoms. The topological polar surface area (TPSA) is 75.9 Å². The van der Waals surface area contributed by atoms with E-state index in [2.05, 4.69) is 20.1 Å². The number of rotatable bonds is 4. The number of fused-ring (bicyclic) bond motifs is 1.